The molecule has 26 valence electrons. The van der Waals surface area contributed by atoms with Crippen LogP contribution in [0.3, 0.4) is 0 Å². The van der Waals surface area contributed by atoms with E-state index in [0.29, 0.717) is 0 Å². The Balaban J connectivity index is 4.08. The van der Waals surface area contributed by atoms with Crippen molar-refractivity contribution < 1.29 is 3.07 Å². The van der Waals surface area contributed by atoms with Gasteiger partial charge in [0.05, 0.1) is 0 Å². The molecule has 0 N–H and O–H groups in total. The molecule has 0 amide bonds. The number of hydrogen-bond donors (Lipinski definition) is 0. The summed E-state index contributed by atoms with van der Waals surface area (Å²) in [7, 11) is 0. The standard InChI is InChI=1S/H2INOP/c2-1(3)4/h4H2/q-1/p+1/i4D2/hD. The van der Waals surface area contributed by atoms with Crippen LogP contribution < -0.4 is 0 Å². The predicted molar refractivity (Wildman–Crippen MR) is 29.2 cm³/mol. The van der Waals surface area contributed by atoms with Crippen molar-refractivity contribution in [3.8, 4) is 0 Å². The molecule has 4 heteroatoms. The van der Waals surface area contributed by atoms with E-state index in [9.17, 15) is 3.07 Å². The van der Waals surface area contributed by atoms with Crippen LogP contribution in [-0.4, -0.2) is 3.84 Å². The van der Waals surface area contributed by atoms with Crippen LogP contribution in [0.2, 0.25) is 0 Å². The van der Waals surface area contributed by atoms with Gasteiger partial charge in [-0.1, -0.05) is 0 Å². The van der Waals surface area contributed by atoms with E-state index >= 15 is 0 Å². The molecule has 0 aliphatic carbocycles. The smallest absolute Gasteiger partial charge is 0.273 e. The molecule has 4 heavy (non-hydrogen) atoms. The first-order valence-corrected chi connectivity index (χ1v) is 5.57. The van der Waals surface area contributed by atoms with E-state index in [1.165, 1.54) is 0 Å². The molecule has 0 aromatic rings. The van der Waals surface area contributed by atoms with Crippen molar-refractivity contribution in [3.05, 3.63) is 3.56 Å². The summed E-state index contributed by atoms with van der Waals surface area (Å²) in [6, 6.07) is 0. The SMILES string of the molecule is [2H][P+]([2H])([2H])I(=[N-])=O. The van der Waals surface area contributed by atoms with Crippen molar-refractivity contribution >= 4 is 25.8 Å². The second-order valence-electron chi connectivity index (χ2n) is 0.214. The highest BCUT2D eigenvalue weighted by Crippen LogP contribution is 2.15. The Labute approximate surface area is 36.8 Å². The molecule has 0 radical (unpaired) electrons. The molecule has 0 saturated carbocycles. The summed E-state index contributed by atoms with van der Waals surface area (Å²) in [6.07, 6.45) is 0. The van der Waals surface area contributed by atoms with Gasteiger partial charge in [0.25, 0.3) is 3.84 Å². The normalized spacial score (nSPS) is 22.8. The fourth-order valence-corrected chi connectivity index (χ4v) is 0. The molecule has 0 aliphatic rings. The highest BCUT2D eigenvalue weighted by Gasteiger charge is 1.39. The van der Waals surface area contributed by atoms with Gasteiger partial charge in [-0.3, -0.25) is 3.07 Å². The maximum atomic E-state index is 9.75. The monoisotopic (exact) mass is 194 g/mol. The van der Waals surface area contributed by atoms with Crippen molar-refractivity contribution in [2.24, 2.45) is 0 Å². The van der Waals surface area contributed by atoms with Gasteiger partial charge in [0.15, 0.2) is 0 Å². The van der Waals surface area contributed by atoms with Crippen LogP contribution in [0.25, 0.3) is 3.56 Å². The summed E-state index contributed by atoms with van der Waals surface area (Å²) in [5.74, 6) is 0. The first-order valence-electron chi connectivity index (χ1n) is 1.83. The van der Waals surface area contributed by atoms with E-state index in [1.807, 2.05) is 0 Å². The summed E-state index contributed by atoms with van der Waals surface area (Å²) in [6.45, 7) is -3.58. The van der Waals surface area contributed by atoms with E-state index < -0.39 is 25.8 Å². The van der Waals surface area contributed by atoms with Crippen molar-refractivity contribution in [2.45, 2.75) is 0 Å². The maximum Gasteiger partial charge on any atom is 0.273 e. The summed E-state index contributed by atoms with van der Waals surface area (Å²) in [5.41, 5.74) is 0. The van der Waals surface area contributed by atoms with Gasteiger partial charge in [-0.2, -0.15) is 0 Å². The number of nitrogens with zero attached hydrogens (tertiary/aromatic N) is 1. The Morgan fingerprint density at radius 2 is 2.75 bits per heavy atom. The van der Waals surface area contributed by atoms with Crippen molar-refractivity contribution in [3.63, 3.8) is 0 Å². The predicted octanol–water partition coefficient (Wildman–Crippen LogP) is 1.11. The lowest BCUT2D eigenvalue weighted by atomic mass is 14.0. The van der Waals surface area contributed by atoms with E-state index in [0.717, 1.165) is 0 Å². The summed E-state index contributed by atoms with van der Waals surface area (Å²) >= 11 is -3.65. The zero-order valence-corrected chi connectivity index (χ0v) is 4.73. The largest absolute Gasteiger partial charge is 0.710 e. The fourth-order valence-electron chi connectivity index (χ4n) is 0. The van der Waals surface area contributed by atoms with Gasteiger partial charge in [0.1, 0.15) is 19.1 Å². The second kappa shape index (κ2) is 2.03. The molecule has 0 atom stereocenters. The van der Waals surface area contributed by atoms with Crippen LogP contribution >= 0.6 is 25.8 Å². The van der Waals surface area contributed by atoms with Crippen LogP contribution in [0.5, 0.6) is 0 Å². The van der Waals surface area contributed by atoms with Crippen LogP contribution in [0.4, 0.5) is 0 Å². The number of rotatable bonds is 1. The Bertz CT molecular complexity index is 115. The Morgan fingerprint density at radius 1 is 2.50 bits per heavy atom. The van der Waals surface area contributed by atoms with E-state index in [-0.39, 0.29) is 0 Å². The number of hydrogen-bond acceptors (Lipinski definition) is 1. The number of halogens is 1. The summed E-state index contributed by atoms with van der Waals surface area (Å²) < 4.78 is 36.7. The van der Waals surface area contributed by atoms with Gasteiger partial charge in [-0.05, 0) is 0 Å². The molecule has 0 saturated heterocycles. The van der Waals surface area contributed by atoms with E-state index in [4.69, 9.17) is 7.40 Å². The zero-order chi connectivity index (χ0) is 6.08. The summed E-state index contributed by atoms with van der Waals surface area (Å²) in [5, 5.41) is 0. The van der Waals surface area contributed by atoms with Crippen molar-refractivity contribution in [1.82, 2.24) is 0 Å². The molecule has 0 aromatic heterocycles. The molecule has 2 nitrogen and oxygen atoms in total. The first kappa shape index (κ1) is 1.47. The molecule has 0 heterocycles. The molecule has 0 fully saturated rings. The lowest BCUT2D eigenvalue weighted by Gasteiger charge is -1.53. The third-order valence-corrected chi connectivity index (χ3v) is 0. The summed E-state index contributed by atoms with van der Waals surface area (Å²) in [4.78, 5) is 0. The minimum atomic E-state index is -3.65. The minimum absolute atomic E-state index is 3.58. The Kier molecular flexibility index (Phi) is 0.746. The molecule has 0 rings (SSSR count). The van der Waals surface area contributed by atoms with Gasteiger partial charge in [0.2, 0.25) is 0 Å². The third kappa shape index (κ3) is 14.8. The van der Waals surface area contributed by atoms with Crippen molar-refractivity contribution in [2.75, 3.05) is 0 Å². The molecular formula is H3INOP. The van der Waals surface area contributed by atoms with Gasteiger partial charge >= 0.3 is 0 Å². The third-order valence-electron chi connectivity index (χ3n) is 0. The quantitative estimate of drug-likeness (QED) is 0.455. The van der Waals surface area contributed by atoms with Gasteiger partial charge in [-0.15, -0.1) is 0 Å². The topological polar surface area (TPSA) is 39.4 Å². The van der Waals surface area contributed by atoms with Gasteiger partial charge in [0, 0.05) is 6.72 Å². The zero-order valence-electron chi connectivity index (χ0n) is 4.68. The highest BCUT2D eigenvalue weighted by atomic mass is 127. The second-order valence-corrected chi connectivity index (χ2v) is 3.37. The average molecular weight is 194 g/mol. The molecule has 0 aromatic carbocycles. The maximum absolute atomic E-state index is 9.75. The van der Waals surface area contributed by atoms with Crippen LogP contribution in [-0.2, 0) is 3.07 Å². The molecule has 0 unspecified atom stereocenters. The van der Waals surface area contributed by atoms with Crippen LogP contribution in [0.1, 0.15) is 0 Å². The van der Waals surface area contributed by atoms with E-state index in [1.54, 1.807) is 0 Å². The Morgan fingerprint density at radius 3 is 2.75 bits per heavy atom. The highest BCUT2D eigenvalue weighted by molar-refractivity contribution is 14.2. The van der Waals surface area contributed by atoms with E-state index in [2.05, 4.69) is 0 Å². The molecule has 0 aliphatic heterocycles. The van der Waals surface area contributed by atoms with Gasteiger partial charge < -0.3 is 3.56 Å². The lowest BCUT2D eigenvalue weighted by Crippen LogP contribution is -0.838. The first-order chi connectivity index (χ1) is 2.94. The molecule has 0 bridgehead atoms. The minimum Gasteiger partial charge on any atom is -0.710 e. The van der Waals surface area contributed by atoms with Crippen LogP contribution in [0, 0.1) is 0 Å². The molecular weight excluding hydrogens is 188 g/mol. The fraction of sp³-hybridized carbons (Fsp3) is 0. The van der Waals surface area contributed by atoms with Gasteiger partial charge in [-0.25, -0.2) is 0 Å². The Hall–Kier alpha value is 0.760. The van der Waals surface area contributed by atoms with Crippen molar-refractivity contribution in [1.29, 1.82) is 3.84 Å². The lowest BCUT2D eigenvalue weighted by molar-refractivity contribution is 0.648. The molecule has 0 spiro atoms. The average Bonchev–Trinajstić information content (AvgIpc) is 1.31. The van der Waals surface area contributed by atoms with Crippen LogP contribution in [0.15, 0.2) is 0 Å².